The summed E-state index contributed by atoms with van der Waals surface area (Å²) in [5, 5.41) is 3.09. The molecule has 0 spiro atoms. The molecule has 1 aliphatic heterocycles. The molecule has 0 aromatic carbocycles. The first kappa shape index (κ1) is 12.4. The normalized spacial score (nSPS) is 29.1. The number of hydrogen-bond donors (Lipinski definition) is 1. The molecule has 4 heteroatoms. The predicted octanol–water partition coefficient (Wildman–Crippen LogP) is 1.73. The second kappa shape index (κ2) is 5.50. The summed E-state index contributed by atoms with van der Waals surface area (Å²) in [6, 6.07) is 0. The molecular weight excluding hydrogens is 222 g/mol. The zero-order chi connectivity index (χ0) is 11.4. The molecule has 2 fully saturated rings. The molecular formula is C12H23NO2S. The number of sulfone groups is 1. The largest absolute Gasteiger partial charge is 0.315 e. The Balaban J connectivity index is 1.90. The minimum atomic E-state index is -2.85. The Labute approximate surface area is 98.9 Å². The third kappa shape index (κ3) is 3.20. The van der Waals surface area contributed by atoms with Gasteiger partial charge < -0.3 is 5.32 Å². The Kier molecular flexibility index (Phi) is 4.25. The summed E-state index contributed by atoms with van der Waals surface area (Å²) in [7, 11) is -2.85. The van der Waals surface area contributed by atoms with Gasteiger partial charge in [0.05, 0.1) is 11.0 Å². The van der Waals surface area contributed by atoms with Gasteiger partial charge in [-0.25, -0.2) is 8.42 Å². The molecule has 94 valence electrons. The lowest BCUT2D eigenvalue weighted by atomic mass is 9.91. The van der Waals surface area contributed by atoms with Crippen LogP contribution in [0.2, 0.25) is 0 Å². The first-order chi connectivity index (χ1) is 7.68. The van der Waals surface area contributed by atoms with Crippen molar-refractivity contribution in [1.82, 2.24) is 5.32 Å². The maximum atomic E-state index is 12.2. The topological polar surface area (TPSA) is 46.2 Å². The number of rotatable bonds is 3. The molecule has 1 N–H and O–H groups in total. The zero-order valence-corrected chi connectivity index (χ0v) is 10.8. The van der Waals surface area contributed by atoms with Crippen molar-refractivity contribution in [2.24, 2.45) is 5.92 Å². The average molecular weight is 245 g/mol. The van der Waals surface area contributed by atoms with Crippen molar-refractivity contribution >= 4 is 9.84 Å². The van der Waals surface area contributed by atoms with Crippen LogP contribution in [0.4, 0.5) is 0 Å². The standard InChI is InChI=1S/C12H23NO2S/c14-16(15,12-7-4-8-13-9-12)10-11-5-2-1-3-6-11/h11-13H,1-10H2. The highest BCUT2D eigenvalue weighted by atomic mass is 32.2. The fraction of sp³-hybridized carbons (Fsp3) is 1.00. The highest BCUT2D eigenvalue weighted by Gasteiger charge is 2.30. The lowest BCUT2D eigenvalue weighted by molar-refractivity contribution is 0.382. The Morgan fingerprint density at radius 1 is 1.00 bits per heavy atom. The summed E-state index contributed by atoms with van der Waals surface area (Å²) in [5.74, 6) is 0.889. The van der Waals surface area contributed by atoms with Crippen molar-refractivity contribution in [1.29, 1.82) is 0 Å². The van der Waals surface area contributed by atoms with Gasteiger partial charge in [0.25, 0.3) is 0 Å². The van der Waals surface area contributed by atoms with E-state index >= 15 is 0 Å². The highest BCUT2D eigenvalue weighted by molar-refractivity contribution is 7.92. The molecule has 0 aromatic heterocycles. The molecule has 0 bridgehead atoms. The van der Waals surface area contributed by atoms with Crippen LogP contribution in [0.3, 0.4) is 0 Å². The summed E-state index contributed by atoms with van der Waals surface area (Å²) in [5.41, 5.74) is 0. The summed E-state index contributed by atoms with van der Waals surface area (Å²) >= 11 is 0. The molecule has 0 radical (unpaired) electrons. The van der Waals surface area contributed by atoms with E-state index in [9.17, 15) is 8.42 Å². The zero-order valence-electron chi connectivity index (χ0n) is 9.95. The van der Waals surface area contributed by atoms with Gasteiger partial charge in [0.2, 0.25) is 0 Å². The van der Waals surface area contributed by atoms with Gasteiger partial charge in [-0.3, -0.25) is 0 Å². The third-order valence-electron chi connectivity index (χ3n) is 3.95. The van der Waals surface area contributed by atoms with Crippen LogP contribution in [0, 0.1) is 5.92 Å². The number of hydrogen-bond acceptors (Lipinski definition) is 3. The number of piperidine rings is 1. The second-order valence-electron chi connectivity index (χ2n) is 5.30. The van der Waals surface area contributed by atoms with E-state index in [2.05, 4.69) is 5.32 Å². The van der Waals surface area contributed by atoms with Gasteiger partial charge >= 0.3 is 0 Å². The van der Waals surface area contributed by atoms with Crippen molar-refractivity contribution in [3.8, 4) is 0 Å². The lowest BCUT2D eigenvalue weighted by Gasteiger charge is -2.27. The van der Waals surface area contributed by atoms with Crippen molar-refractivity contribution < 1.29 is 8.42 Å². The average Bonchev–Trinajstić information content (AvgIpc) is 2.31. The van der Waals surface area contributed by atoms with Crippen molar-refractivity contribution in [3.05, 3.63) is 0 Å². The molecule has 16 heavy (non-hydrogen) atoms. The Morgan fingerprint density at radius 3 is 2.38 bits per heavy atom. The van der Waals surface area contributed by atoms with Gasteiger partial charge in [-0.05, 0) is 38.1 Å². The monoisotopic (exact) mass is 245 g/mol. The third-order valence-corrected chi connectivity index (χ3v) is 6.31. The van der Waals surface area contributed by atoms with E-state index in [0.29, 0.717) is 18.2 Å². The fourth-order valence-corrected chi connectivity index (χ4v) is 5.10. The second-order valence-corrected chi connectivity index (χ2v) is 7.63. The molecule has 0 amide bonds. The van der Waals surface area contributed by atoms with Crippen LogP contribution < -0.4 is 5.32 Å². The Bertz CT molecular complexity index is 301. The van der Waals surface area contributed by atoms with Gasteiger partial charge in [-0.15, -0.1) is 0 Å². The van der Waals surface area contributed by atoms with E-state index < -0.39 is 9.84 Å². The minimum Gasteiger partial charge on any atom is -0.315 e. The maximum absolute atomic E-state index is 12.2. The van der Waals surface area contributed by atoms with Gasteiger partial charge in [-0.1, -0.05) is 19.3 Å². The quantitative estimate of drug-likeness (QED) is 0.823. The van der Waals surface area contributed by atoms with Crippen molar-refractivity contribution in [2.75, 3.05) is 18.8 Å². The predicted molar refractivity (Wildman–Crippen MR) is 66.3 cm³/mol. The molecule has 1 unspecified atom stereocenters. The molecule has 1 aliphatic carbocycles. The SMILES string of the molecule is O=S(=O)(CC1CCCCC1)C1CCCNC1. The summed E-state index contributed by atoms with van der Waals surface area (Å²) in [4.78, 5) is 0. The summed E-state index contributed by atoms with van der Waals surface area (Å²) in [6.45, 7) is 1.66. The van der Waals surface area contributed by atoms with Crippen LogP contribution in [0.1, 0.15) is 44.9 Å². The van der Waals surface area contributed by atoms with E-state index in [0.717, 1.165) is 32.2 Å². The van der Waals surface area contributed by atoms with E-state index in [4.69, 9.17) is 0 Å². The minimum absolute atomic E-state index is 0.108. The Morgan fingerprint density at radius 2 is 1.75 bits per heavy atom. The van der Waals surface area contributed by atoms with Crippen LogP contribution in [0.5, 0.6) is 0 Å². The highest BCUT2D eigenvalue weighted by Crippen LogP contribution is 2.26. The maximum Gasteiger partial charge on any atom is 0.154 e. The van der Waals surface area contributed by atoms with Gasteiger partial charge in [0, 0.05) is 6.54 Å². The van der Waals surface area contributed by atoms with Crippen LogP contribution >= 0.6 is 0 Å². The van der Waals surface area contributed by atoms with Gasteiger partial charge in [0.1, 0.15) is 0 Å². The van der Waals surface area contributed by atoms with Crippen LogP contribution in [-0.2, 0) is 9.84 Å². The smallest absolute Gasteiger partial charge is 0.154 e. The molecule has 3 nitrogen and oxygen atoms in total. The Hall–Kier alpha value is -0.0900. The molecule has 1 saturated carbocycles. The summed E-state index contributed by atoms with van der Waals surface area (Å²) in [6.07, 6.45) is 7.86. The molecule has 1 saturated heterocycles. The van der Waals surface area contributed by atoms with E-state index in [1.165, 1.54) is 19.3 Å². The molecule has 1 atom stereocenters. The van der Waals surface area contributed by atoms with Crippen LogP contribution in [-0.4, -0.2) is 32.5 Å². The fourth-order valence-electron chi connectivity index (χ4n) is 2.94. The van der Waals surface area contributed by atoms with E-state index in [1.54, 1.807) is 0 Å². The van der Waals surface area contributed by atoms with Gasteiger partial charge in [-0.2, -0.15) is 0 Å². The first-order valence-corrected chi connectivity index (χ1v) is 8.32. The molecule has 1 heterocycles. The molecule has 0 aromatic rings. The molecule has 2 aliphatic rings. The van der Waals surface area contributed by atoms with E-state index in [-0.39, 0.29) is 5.25 Å². The lowest BCUT2D eigenvalue weighted by Crippen LogP contribution is -2.41. The van der Waals surface area contributed by atoms with Gasteiger partial charge in [0.15, 0.2) is 9.84 Å². The van der Waals surface area contributed by atoms with Crippen LogP contribution in [0.15, 0.2) is 0 Å². The van der Waals surface area contributed by atoms with Crippen molar-refractivity contribution in [2.45, 2.75) is 50.2 Å². The van der Waals surface area contributed by atoms with E-state index in [1.807, 2.05) is 0 Å². The van der Waals surface area contributed by atoms with Crippen LogP contribution in [0.25, 0.3) is 0 Å². The van der Waals surface area contributed by atoms with Crippen molar-refractivity contribution in [3.63, 3.8) is 0 Å². The number of nitrogens with one attached hydrogen (secondary N) is 1. The first-order valence-electron chi connectivity index (χ1n) is 6.61. The molecule has 2 rings (SSSR count). The summed E-state index contributed by atoms with van der Waals surface area (Å²) < 4.78 is 24.4.